The monoisotopic (exact) mass is 306 g/mol. The number of ether oxygens (including phenoxy) is 1. The third-order valence-electron chi connectivity index (χ3n) is 3.42. The van der Waals surface area contributed by atoms with Crippen molar-refractivity contribution < 1.29 is 19.4 Å². The maximum atomic E-state index is 11.9. The van der Waals surface area contributed by atoms with Gasteiger partial charge in [0.2, 0.25) is 0 Å². The van der Waals surface area contributed by atoms with Gasteiger partial charge in [-0.05, 0) is 35.0 Å². The van der Waals surface area contributed by atoms with Gasteiger partial charge in [-0.2, -0.15) is 0 Å². The van der Waals surface area contributed by atoms with E-state index in [2.05, 4.69) is 10.6 Å². The number of rotatable bonds is 3. The molecule has 21 heavy (non-hydrogen) atoms. The Kier molecular flexibility index (Phi) is 3.76. The zero-order chi connectivity index (χ0) is 14.8. The van der Waals surface area contributed by atoms with Crippen molar-refractivity contribution in [1.82, 2.24) is 5.32 Å². The summed E-state index contributed by atoms with van der Waals surface area (Å²) in [6.07, 6.45) is 0. The molecule has 0 radical (unpaired) electrons. The Balaban J connectivity index is 1.64. The van der Waals surface area contributed by atoms with Crippen molar-refractivity contribution in [3.05, 3.63) is 29.6 Å². The highest BCUT2D eigenvalue weighted by atomic mass is 32.1. The number of anilines is 1. The third kappa shape index (κ3) is 2.98. The largest absolute Gasteiger partial charge is 0.481 e. The van der Waals surface area contributed by atoms with Crippen LogP contribution >= 0.6 is 11.3 Å². The molecule has 7 heteroatoms. The molecule has 2 heterocycles. The Labute approximate surface area is 124 Å². The second-order valence-electron chi connectivity index (χ2n) is 4.86. The highest BCUT2D eigenvalue weighted by Gasteiger charge is 2.35. The maximum absolute atomic E-state index is 11.9. The first-order valence-electron chi connectivity index (χ1n) is 6.49. The van der Waals surface area contributed by atoms with E-state index in [9.17, 15) is 9.59 Å². The van der Waals surface area contributed by atoms with Gasteiger partial charge >= 0.3 is 12.0 Å². The normalized spacial score (nSPS) is 21.3. The van der Waals surface area contributed by atoms with Crippen LogP contribution in [-0.2, 0) is 9.53 Å². The van der Waals surface area contributed by atoms with Gasteiger partial charge in [-0.3, -0.25) is 4.79 Å². The molecule has 2 aromatic rings. The van der Waals surface area contributed by atoms with Crippen LogP contribution in [0.1, 0.15) is 0 Å². The lowest BCUT2D eigenvalue weighted by atomic mass is 10.0. The van der Waals surface area contributed by atoms with Crippen LogP contribution in [0.25, 0.3) is 10.1 Å². The highest BCUT2D eigenvalue weighted by molar-refractivity contribution is 7.17. The van der Waals surface area contributed by atoms with Gasteiger partial charge < -0.3 is 20.5 Å². The number of carbonyl (C=O) groups is 2. The molecular weight excluding hydrogens is 292 g/mol. The minimum atomic E-state index is -0.961. The number of hydrogen-bond donors (Lipinski definition) is 3. The van der Waals surface area contributed by atoms with Crippen molar-refractivity contribution in [2.45, 2.75) is 6.04 Å². The second kappa shape index (κ2) is 5.71. The first-order valence-corrected chi connectivity index (χ1v) is 7.37. The van der Waals surface area contributed by atoms with E-state index in [1.807, 2.05) is 29.6 Å². The fraction of sp³-hybridized carbons (Fsp3) is 0.286. The number of carboxylic acids is 1. The molecule has 2 unspecified atom stereocenters. The van der Waals surface area contributed by atoms with Crippen LogP contribution in [-0.4, -0.2) is 36.4 Å². The van der Waals surface area contributed by atoms with E-state index < -0.39 is 24.0 Å². The predicted molar refractivity (Wildman–Crippen MR) is 79.7 cm³/mol. The topological polar surface area (TPSA) is 87.7 Å². The fourth-order valence-electron chi connectivity index (χ4n) is 2.32. The van der Waals surface area contributed by atoms with E-state index in [-0.39, 0.29) is 13.2 Å². The quantitative estimate of drug-likeness (QED) is 0.810. The van der Waals surface area contributed by atoms with Gasteiger partial charge in [-0.25, -0.2) is 4.79 Å². The Morgan fingerprint density at radius 3 is 2.95 bits per heavy atom. The number of carboxylic acid groups (broad SMARTS) is 1. The van der Waals surface area contributed by atoms with Crippen molar-refractivity contribution in [1.29, 1.82) is 0 Å². The number of nitrogens with one attached hydrogen (secondary N) is 2. The van der Waals surface area contributed by atoms with Crippen molar-refractivity contribution in [2.24, 2.45) is 5.92 Å². The van der Waals surface area contributed by atoms with Crippen molar-refractivity contribution in [3.63, 3.8) is 0 Å². The molecule has 6 nitrogen and oxygen atoms in total. The maximum Gasteiger partial charge on any atom is 0.319 e. The number of hydrogen-bond acceptors (Lipinski definition) is 4. The SMILES string of the molecule is O=C(Nc1ccc2sccc2c1)NC1COCC1C(=O)O. The number of benzene rings is 1. The zero-order valence-electron chi connectivity index (χ0n) is 11.0. The van der Waals surface area contributed by atoms with Crippen LogP contribution < -0.4 is 10.6 Å². The van der Waals surface area contributed by atoms with Gasteiger partial charge in [0, 0.05) is 10.4 Å². The van der Waals surface area contributed by atoms with E-state index in [0.717, 1.165) is 10.1 Å². The highest BCUT2D eigenvalue weighted by Crippen LogP contribution is 2.24. The summed E-state index contributed by atoms with van der Waals surface area (Å²) < 4.78 is 6.26. The Morgan fingerprint density at radius 2 is 2.14 bits per heavy atom. The lowest BCUT2D eigenvalue weighted by molar-refractivity contribution is -0.142. The molecule has 1 aliphatic rings. The number of thiophene rings is 1. The summed E-state index contributed by atoms with van der Waals surface area (Å²) >= 11 is 1.63. The molecule has 0 aliphatic carbocycles. The van der Waals surface area contributed by atoms with Crippen LogP contribution in [0.4, 0.5) is 10.5 Å². The zero-order valence-corrected chi connectivity index (χ0v) is 11.9. The first kappa shape index (κ1) is 13.8. The van der Waals surface area contributed by atoms with Crippen LogP contribution in [0.5, 0.6) is 0 Å². The number of amides is 2. The summed E-state index contributed by atoms with van der Waals surface area (Å²) in [5, 5.41) is 17.4. The molecule has 110 valence electrons. The summed E-state index contributed by atoms with van der Waals surface area (Å²) in [5.41, 5.74) is 0.671. The Hall–Kier alpha value is -2.12. The molecule has 2 amide bonds. The van der Waals surface area contributed by atoms with Crippen LogP contribution in [0.15, 0.2) is 29.6 Å². The number of fused-ring (bicyclic) bond motifs is 1. The van der Waals surface area contributed by atoms with E-state index in [1.165, 1.54) is 0 Å². The molecule has 3 rings (SSSR count). The lowest BCUT2D eigenvalue weighted by Crippen LogP contribution is -2.44. The minimum Gasteiger partial charge on any atom is -0.481 e. The molecule has 3 N–H and O–H groups in total. The molecule has 0 spiro atoms. The molecule has 1 saturated heterocycles. The molecule has 0 bridgehead atoms. The average molecular weight is 306 g/mol. The first-order chi connectivity index (χ1) is 10.1. The number of carbonyl (C=O) groups excluding carboxylic acids is 1. The van der Waals surface area contributed by atoms with Crippen LogP contribution in [0.2, 0.25) is 0 Å². The van der Waals surface area contributed by atoms with E-state index in [0.29, 0.717) is 5.69 Å². The smallest absolute Gasteiger partial charge is 0.319 e. The molecule has 1 fully saturated rings. The van der Waals surface area contributed by atoms with Crippen molar-refractivity contribution in [3.8, 4) is 0 Å². The minimum absolute atomic E-state index is 0.126. The summed E-state index contributed by atoms with van der Waals surface area (Å²) in [5.74, 6) is -1.66. The Morgan fingerprint density at radius 1 is 1.29 bits per heavy atom. The molecule has 1 aromatic heterocycles. The fourth-order valence-corrected chi connectivity index (χ4v) is 3.09. The number of urea groups is 1. The van der Waals surface area contributed by atoms with E-state index >= 15 is 0 Å². The van der Waals surface area contributed by atoms with Crippen LogP contribution in [0, 0.1) is 5.92 Å². The van der Waals surface area contributed by atoms with E-state index in [1.54, 1.807) is 11.3 Å². The van der Waals surface area contributed by atoms with Gasteiger partial charge in [0.1, 0.15) is 5.92 Å². The third-order valence-corrected chi connectivity index (χ3v) is 4.32. The standard InChI is InChI=1S/C14H14N2O4S/c17-13(18)10-6-20-7-11(10)16-14(19)15-9-1-2-12-8(5-9)3-4-21-12/h1-5,10-11H,6-7H2,(H,17,18)(H2,15,16,19). The van der Waals surface area contributed by atoms with E-state index in [4.69, 9.17) is 9.84 Å². The predicted octanol–water partition coefficient (Wildman–Crippen LogP) is 2.12. The van der Waals surface area contributed by atoms with Crippen molar-refractivity contribution >= 4 is 39.1 Å². The average Bonchev–Trinajstić information content (AvgIpc) is 3.06. The molecule has 1 aliphatic heterocycles. The second-order valence-corrected chi connectivity index (χ2v) is 5.81. The van der Waals surface area contributed by atoms with Gasteiger partial charge in [-0.1, -0.05) is 0 Å². The Bertz CT molecular complexity index is 684. The van der Waals surface area contributed by atoms with Gasteiger partial charge in [0.15, 0.2) is 0 Å². The summed E-state index contributed by atoms with van der Waals surface area (Å²) in [6, 6.07) is 6.69. The van der Waals surface area contributed by atoms with Gasteiger partial charge in [0.25, 0.3) is 0 Å². The molecule has 1 aromatic carbocycles. The number of aliphatic carboxylic acids is 1. The summed E-state index contributed by atoms with van der Waals surface area (Å²) in [6.45, 7) is 0.342. The lowest BCUT2D eigenvalue weighted by Gasteiger charge is -2.16. The summed E-state index contributed by atoms with van der Waals surface area (Å²) in [4.78, 5) is 23.0. The van der Waals surface area contributed by atoms with Crippen LogP contribution in [0.3, 0.4) is 0 Å². The van der Waals surface area contributed by atoms with Gasteiger partial charge in [-0.15, -0.1) is 11.3 Å². The molecule has 2 atom stereocenters. The van der Waals surface area contributed by atoms with Gasteiger partial charge in [0.05, 0.1) is 19.3 Å². The van der Waals surface area contributed by atoms with Crippen molar-refractivity contribution in [2.75, 3.05) is 18.5 Å². The molecular formula is C14H14N2O4S. The summed E-state index contributed by atoms with van der Waals surface area (Å²) in [7, 11) is 0. The molecule has 0 saturated carbocycles.